The van der Waals surface area contributed by atoms with Crippen LogP contribution in [-0.2, 0) is 18.3 Å². The molecule has 0 N–H and O–H groups in total. The Morgan fingerprint density at radius 1 is 1.42 bits per heavy atom. The molecule has 0 aromatic heterocycles. The van der Waals surface area contributed by atoms with Gasteiger partial charge in [-0.1, -0.05) is 0 Å². The van der Waals surface area contributed by atoms with Gasteiger partial charge in [-0.3, -0.25) is 0 Å². The maximum Gasteiger partial charge on any atom is 0.379 e. The van der Waals surface area contributed by atoms with Crippen LogP contribution in [0.1, 0.15) is 6.42 Å². The first kappa shape index (κ1) is 8.81. The van der Waals surface area contributed by atoms with E-state index < -0.39 is 8.17 Å². The lowest BCUT2D eigenvalue weighted by Crippen LogP contribution is -2.25. The SMILES string of the molecule is [O-][P+]1(OCC2CO2)OCCCO1. The molecule has 1 unspecified atom stereocenters. The lowest BCUT2D eigenvalue weighted by Gasteiger charge is -2.27. The largest absolute Gasteiger partial charge is 0.606 e. The summed E-state index contributed by atoms with van der Waals surface area (Å²) in [7, 11) is -3.21. The van der Waals surface area contributed by atoms with E-state index in [-0.39, 0.29) is 6.10 Å². The van der Waals surface area contributed by atoms with E-state index in [0.717, 1.165) is 6.42 Å². The van der Waals surface area contributed by atoms with Gasteiger partial charge in [-0.05, 0) is 0 Å². The zero-order chi connectivity index (χ0) is 8.44. The van der Waals surface area contributed by atoms with Crippen LogP contribution < -0.4 is 4.89 Å². The van der Waals surface area contributed by atoms with Gasteiger partial charge in [0.1, 0.15) is 12.7 Å². The molecule has 1 atom stereocenters. The van der Waals surface area contributed by atoms with Gasteiger partial charge in [0.05, 0.1) is 19.8 Å². The third kappa shape index (κ3) is 2.36. The lowest BCUT2D eigenvalue weighted by molar-refractivity contribution is -0.255. The Morgan fingerprint density at radius 3 is 2.67 bits per heavy atom. The first-order chi connectivity index (χ1) is 5.79. The van der Waals surface area contributed by atoms with Crippen molar-refractivity contribution in [3.8, 4) is 0 Å². The van der Waals surface area contributed by atoms with Crippen molar-refractivity contribution in [1.82, 2.24) is 0 Å². The number of phosphoric ester groups is 1. The van der Waals surface area contributed by atoms with Gasteiger partial charge < -0.3 is 9.63 Å². The normalized spacial score (nSPS) is 33.2. The summed E-state index contributed by atoms with van der Waals surface area (Å²) < 4.78 is 19.7. The minimum absolute atomic E-state index is 0.0879. The van der Waals surface area contributed by atoms with Crippen molar-refractivity contribution in [3.05, 3.63) is 0 Å². The Hall–Kier alpha value is 0.230. The van der Waals surface area contributed by atoms with Gasteiger partial charge in [0.2, 0.25) is 0 Å². The van der Waals surface area contributed by atoms with Crippen LogP contribution in [-0.4, -0.2) is 32.5 Å². The minimum Gasteiger partial charge on any atom is -0.606 e. The van der Waals surface area contributed by atoms with E-state index in [0.29, 0.717) is 26.4 Å². The molecule has 70 valence electrons. The van der Waals surface area contributed by atoms with Crippen LogP contribution in [0.15, 0.2) is 0 Å². The number of ether oxygens (including phenoxy) is 1. The van der Waals surface area contributed by atoms with Gasteiger partial charge in [0.15, 0.2) is 0 Å². The van der Waals surface area contributed by atoms with Crippen LogP contribution >= 0.6 is 8.17 Å². The number of epoxide rings is 1. The van der Waals surface area contributed by atoms with Crippen molar-refractivity contribution >= 4 is 8.17 Å². The topological polar surface area (TPSA) is 63.3 Å². The molecule has 0 aliphatic carbocycles. The Morgan fingerprint density at radius 2 is 2.08 bits per heavy atom. The molecule has 0 bridgehead atoms. The molecule has 6 heteroatoms. The molecule has 0 saturated carbocycles. The minimum atomic E-state index is -3.21. The third-order valence-corrected chi connectivity index (χ3v) is 3.07. The number of phosphoric acid groups is 1. The monoisotopic (exact) mass is 194 g/mol. The molecule has 0 spiro atoms. The number of hydrogen-bond acceptors (Lipinski definition) is 5. The molecule has 5 nitrogen and oxygen atoms in total. The molecule has 2 aliphatic rings. The maximum atomic E-state index is 11.4. The standard InChI is InChI=1S/C6H11O5P/c7-12(9-2-1-3-10-12)11-5-6-4-8-6/h6H,1-5H2. The van der Waals surface area contributed by atoms with Crippen molar-refractivity contribution in [2.75, 3.05) is 26.4 Å². The van der Waals surface area contributed by atoms with E-state index in [1.54, 1.807) is 0 Å². The van der Waals surface area contributed by atoms with Crippen molar-refractivity contribution in [3.63, 3.8) is 0 Å². The summed E-state index contributed by atoms with van der Waals surface area (Å²) in [4.78, 5) is 11.4. The highest BCUT2D eigenvalue weighted by Crippen LogP contribution is 2.55. The van der Waals surface area contributed by atoms with E-state index in [4.69, 9.17) is 18.3 Å². The quantitative estimate of drug-likeness (QED) is 0.462. The van der Waals surface area contributed by atoms with Gasteiger partial charge in [0, 0.05) is 6.42 Å². The van der Waals surface area contributed by atoms with Crippen molar-refractivity contribution in [1.29, 1.82) is 0 Å². The first-order valence-electron chi connectivity index (χ1n) is 3.94. The van der Waals surface area contributed by atoms with Gasteiger partial charge in [-0.2, -0.15) is 13.6 Å². The average molecular weight is 194 g/mol. The Balaban J connectivity index is 1.73. The molecule has 0 amide bonds. The van der Waals surface area contributed by atoms with Crippen LogP contribution in [0.4, 0.5) is 0 Å². The Bertz CT molecular complexity index is 154. The zero-order valence-corrected chi connectivity index (χ0v) is 7.50. The van der Waals surface area contributed by atoms with Crippen LogP contribution in [0.2, 0.25) is 0 Å². The fourth-order valence-electron chi connectivity index (χ4n) is 0.862. The number of rotatable bonds is 3. The summed E-state index contributed by atoms with van der Waals surface area (Å²) in [6.07, 6.45) is 0.859. The van der Waals surface area contributed by atoms with Crippen molar-refractivity contribution < 1.29 is 23.2 Å². The van der Waals surface area contributed by atoms with E-state index in [9.17, 15) is 4.89 Å². The fraction of sp³-hybridized carbons (Fsp3) is 1.00. The highest BCUT2D eigenvalue weighted by Gasteiger charge is 2.38. The second-order valence-corrected chi connectivity index (χ2v) is 4.39. The van der Waals surface area contributed by atoms with Crippen LogP contribution in [0.5, 0.6) is 0 Å². The van der Waals surface area contributed by atoms with Crippen LogP contribution in [0.3, 0.4) is 0 Å². The van der Waals surface area contributed by atoms with E-state index >= 15 is 0 Å². The molecule has 0 aromatic rings. The molecule has 2 fully saturated rings. The van der Waals surface area contributed by atoms with Crippen molar-refractivity contribution in [2.24, 2.45) is 0 Å². The lowest BCUT2D eigenvalue weighted by atomic mass is 10.5. The van der Waals surface area contributed by atoms with Crippen molar-refractivity contribution in [2.45, 2.75) is 12.5 Å². The molecule has 2 heterocycles. The summed E-state index contributed by atoms with van der Waals surface area (Å²) in [6, 6.07) is 0. The van der Waals surface area contributed by atoms with Gasteiger partial charge >= 0.3 is 8.17 Å². The van der Waals surface area contributed by atoms with Gasteiger partial charge in [0.25, 0.3) is 0 Å². The molecular formula is C6H11O5P. The Kier molecular flexibility index (Phi) is 2.60. The molecule has 0 radical (unpaired) electrons. The zero-order valence-electron chi connectivity index (χ0n) is 6.60. The summed E-state index contributed by atoms with van der Waals surface area (Å²) in [5, 5.41) is 0. The molecule has 2 saturated heterocycles. The average Bonchev–Trinajstić information content (AvgIpc) is 2.85. The predicted molar refractivity (Wildman–Crippen MR) is 39.1 cm³/mol. The fourth-order valence-corrected chi connectivity index (χ4v) is 2.14. The predicted octanol–water partition coefficient (Wildman–Crippen LogP) is -0.123. The van der Waals surface area contributed by atoms with E-state index in [1.165, 1.54) is 0 Å². The van der Waals surface area contributed by atoms with E-state index in [2.05, 4.69) is 0 Å². The Labute approximate surface area is 71.2 Å². The second-order valence-electron chi connectivity index (χ2n) is 2.72. The highest BCUT2D eigenvalue weighted by molar-refractivity contribution is 7.54. The maximum absolute atomic E-state index is 11.4. The van der Waals surface area contributed by atoms with E-state index in [1.807, 2.05) is 0 Å². The summed E-state index contributed by atoms with van der Waals surface area (Å²) in [5.74, 6) is 0. The molecule has 2 aliphatic heterocycles. The summed E-state index contributed by atoms with van der Waals surface area (Å²) in [6.45, 7) is 1.88. The molecule has 2 rings (SSSR count). The van der Waals surface area contributed by atoms with Gasteiger partial charge in [-0.25, -0.2) is 0 Å². The summed E-state index contributed by atoms with van der Waals surface area (Å²) in [5.41, 5.74) is 0. The highest BCUT2D eigenvalue weighted by atomic mass is 31.2. The van der Waals surface area contributed by atoms with Crippen LogP contribution in [0.25, 0.3) is 0 Å². The molecular weight excluding hydrogens is 183 g/mol. The first-order valence-corrected chi connectivity index (χ1v) is 5.40. The van der Waals surface area contributed by atoms with Crippen LogP contribution in [0, 0.1) is 0 Å². The molecule has 0 aromatic carbocycles. The summed E-state index contributed by atoms with van der Waals surface area (Å²) >= 11 is 0. The van der Waals surface area contributed by atoms with Gasteiger partial charge in [-0.15, -0.1) is 0 Å². The smallest absolute Gasteiger partial charge is 0.379 e. The molecule has 12 heavy (non-hydrogen) atoms. The number of hydrogen-bond donors (Lipinski definition) is 0. The second kappa shape index (κ2) is 3.54. The third-order valence-electron chi connectivity index (χ3n) is 1.61.